The number of anilines is 3. The Kier molecular flexibility index (Phi) is 8.14. The predicted molar refractivity (Wildman–Crippen MR) is 131 cm³/mol. The molecule has 2 aliphatic heterocycles. The molecule has 0 bridgehead atoms. The summed E-state index contributed by atoms with van der Waals surface area (Å²) >= 11 is 12.1. The topological polar surface area (TPSA) is 54.0 Å². The molecule has 0 radical (unpaired) electrons. The van der Waals surface area contributed by atoms with E-state index < -0.39 is 0 Å². The average molecular weight is 478 g/mol. The molecule has 2 fully saturated rings. The normalized spacial score (nSPS) is 16.8. The molecule has 0 unspecified atom stereocenters. The molecule has 0 spiro atoms. The lowest BCUT2D eigenvalue weighted by atomic mass is 10.1. The number of ether oxygens (including phenoxy) is 2. The van der Waals surface area contributed by atoms with Crippen LogP contribution in [0.1, 0.15) is 18.4 Å². The number of hydrogen-bond acceptors (Lipinski definition) is 5. The van der Waals surface area contributed by atoms with Crippen LogP contribution in [0.2, 0.25) is 10.0 Å². The van der Waals surface area contributed by atoms with Crippen molar-refractivity contribution in [3.8, 4) is 0 Å². The second kappa shape index (κ2) is 11.2. The fraction of sp³-hybridized carbons (Fsp3) is 0.458. The van der Waals surface area contributed by atoms with E-state index in [0.717, 1.165) is 74.9 Å². The molecular formula is C24H29Cl2N3O3. The minimum Gasteiger partial charge on any atom is -0.378 e. The molecule has 0 atom stereocenters. The van der Waals surface area contributed by atoms with Gasteiger partial charge in [-0.05, 0) is 48.7 Å². The smallest absolute Gasteiger partial charge is 0.224 e. The fourth-order valence-electron chi connectivity index (χ4n) is 4.07. The Morgan fingerprint density at radius 3 is 2.25 bits per heavy atom. The van der Waals surface area contributed by atoms with Crippen LogP contribution in [-0.4, -0.2) is 58.5 Å². The number of aryl methyl sites for hydroxylation is 1. The van der Waals surface area contributed by atoms with Crippen LogP contribution in [0.5, 0.6) is 0 Å². The summed E-state index contributed by atoms with van der Waals surface area (Å²) in [6.45, 7) is 6.25. The number of hydrogen-bond donors (Lipinski definition) is 1. The number of carbonyl (C=O) groups excluding carboxylic acids is 1. The summed E-state index contributed by atoms with van der Waals surface area (Å²) in [5.74, 6) is 0.0127. The minimum absolute atomic E-state index is 0.0127. The van der Waals surface area contributed by atoms with Crippen LogP contribution >= 0.6 is 23.2 Å². The molecule has 2 saturated heterocycles. The maximum absolute atomic E-state index is 12.7. The van der Waals surface area contributed by atoms with E-state index in [-0.39, 0.29) is 5.91 Å². The van der Waals surface area contributed by atoms with Crippen LogP contribution < -0.4 is 15.1 Å². The van der Waals surface area contributed by atoms with E-state index in [1.165, 1.54) is 0 Å². The van der Waals surface area contributed by atoms with E-state index in [4.69, 9.17) is 32.7 Å². The lowest BCUT2D eigenvalue weighted by Gasteiger charge is -2.33. The number of nitrogens with one attached hydrogen (secondary N) is 1. The summed E-state index contributed by atoms with van der Waals surface area (Å²) in [5, 5.41) is 4.22. The Morgan fingerprint density at radius 2 is 1.56 bits per heavy atom. The van der Waals surface area contributed by atoms with Gasteiger partial charge in [-0.3, -0.25) is 4.79 Å². The van der Waals surface area contributed by atoms with Crippen molar-refractivity contribution in [1.29, 1.82) is 0 Å². The third kappa shape index (κ3) is 6.07. The maximum atomic E-state index is 12.7. The molecule has 2 heterocycles. The third-order valence-corrected chi connectivity index (χ3v) is 6.58. The average Bonchev–Trinajstić information content (AvgIpc) is 2.83. The first-order chi connectivity index (χ1) is 15.6. The van der Waals surface area contributed by atoms with Gasteiger partial charge in [-0.2, -0.15) is 0 Å². The summed E-state index contributed by atoms with van der Waals surface area (Å²) in [5.41, 5.74) is 4.14. The Bertz CT molecular complexity index is 929. The van der Waals surface area contributed by atoms with Crippen molar-refractivity contribution in [2.75, 3.05) is 67.7 Å². The van der Waals surface area contributed by atoms with Crippen molar-refractivity contribution >= 4 is 46.2 Å². The van der Waals surface area contributed by atoms with E-state index in [9.17, 15) is 4.79 Å². The number of amides is 1. The molecule has 172 valence electrons. The molecule has 2 aromatic rings. The second-order valence-electron chi connectivity index (χ2n) is 8.05. The van der Waals surface area contributed by atoms with Crippen LogP contribution in [0.4, 0.5) is 17.1 Å². The van der Waals surface area contributed by atoms with Crippen LogP contribution in [0, 0.1) is 0 Å². The second-order valence-corrected chi connectivity index (χ2v) is 8.86. The Hall–Kier alpha value is -1.99. The van der Waals surface area contributed by atoms with E-state index in [1.807, 2.05) is 18.2 Å². The summed E-state index contributed by atoms with van der Waals surface area (Å²) in [6.07, 6.45) is 1.95. The molecule has 32 heavy (non-hydrogen) atoms. The monoisotopic (exact) mass is 477 g/mol. The highest BCUT2D eigenvalue weighted by Gasteiger charge is 2.19. The lowest BCUT2D eigenvalue weighted by Crippen LogP contribution is -2.38. The first-order valence-corrected chi connectivity index (χ1v) is 11.9. The molecule has 2 aromatic carbocycles. The SMILES string of the molecule is O=C(CCCc1ccc(Cl)c(Cl)c1)Nc1ccc(N2CCOCC2)cc1N1CCOCC1. The lowest BCUT2D eigenvalue weighted by molar-refractivity contribution is -0.116. The molecule has 0 saturated carbocycles. The van der Waals surface area contributed by atoms with Gasteiger partial charge in [-0.1, -0.05) is 29.3 Å². The van der Waals surface area contributed by atoms with Gasteiger partial charge >= 0.3 is 0 Å². The van der Waals surface area contributed by atoms with Crippen molar-refractivity contribution in [1.82, 2.24) is 0 Å². The molecule has 8 heteroatoms. The van der Waals surface area contributed by atoms with Gasteiger partial charge in [0, 0.05) is 38.3 Å². The molecule has 0 aromatic heterocycles. The first-order valence-electron chi connectivity index (χ1n) is 11.1. The highest BCUT2D eigenvalue weighted by molar-refractivity contribution is 6.42. The quantitative estimate of drug-likeness (QED) is 0.629. The van der Waals surface area contributed by atoms with Crippen LogP contribution in [0.25, 0.3) is 0 Å². The van der Waals surface area contributed by atoms with Crippen molar-refractivity contribution in [3.63, 3.8) is 0 Å². The van der Waals surface area contributed by atoms with E-state index in [0.29, 0.717) is 29.7 Å². The summed E-state index contributed by atoms with van der Waals surface area (Å²) in [6, 6.07) is 11.9. The van der Waals surface area contributed by atoms with Crippen molar-refractivity contribution in [2.24, 2.45) is 0 Å². The van der Waals surface area contributed by atoms with Crippen LogP contribution in [0.15, 0.2) is 36.4 Å². The third-order valence-electron chi connectivity index (χ3n) is 5.84. The Balaban J connectivity index is 1.41. The molecule has 1 N–H and O–H groups in total. The highest BCUT2D eigenvalue weighted by atomic mass is 35.5. The van der Waals surface area contributed by atoms with Gasteiger partial charge in [0.1, 0.15) is 0 Å². The van der Waals surface area contributed by atoms with Crippen LogP contribution in [-0.2, 0) is 20.7 Å². The van der Waals surface area contributed by atoms with E-state index in [1.54, 1.807) is 6.07 Å². The predicted octanol–water partition coefficient (Wildman–Crippen LogP) is 4.63. The first kappa shape index (κ1) is 23.2. The number of morpholine rings is 2. The van der Waals surface area contributed by atoms with Gasteiger partial charge in [0.25, 0.3) is 0 Å². The fourth-order valence-corrected chi connectivity index (χ4v) is 4.39. The zero-order chi connectivity index (χ0) is 22.3. The van der Waals surface area contributed by atoms with Gasteiger partial charge in [0.05, 0.1) is 47.8 Å². The van der Waals surface area contributed by atoms with Gasteiger partial charge in [0.15, 0.2) is 0 Å². The zero-order valence-electron chi connectivity index (χ0n) is 18.1. The summed E-state index contributed by atoms with van der Waals surface area (Å²) in [4.78, 5) is 17.3. The Labute approximate surface area is 199 Å². The molecule has 1 amide bonds. The molecule has 2 aliphatic rings. The van der Waals surface area contributed by atoms with Gasteiger partial charge in [0.2, 0.25) is 5.91 Å². The number of benzene rings is 2. The number of halogens is 2. The molecule has 4 rings (SSSR count). The van der Waals surface area contributed by atoms with Gasteiger partial charge in [-0.15, -0.1) is 0 Å². The molecule has 6 nitrogen and oxygen atoms in total. The van der Waals surface area contributed by atoms with Gasteiger partial charge < -0.3 is 24.6 Å². The van der Waals surface area contributed by atoms with Gasteiger partial charge in [-0.25, -0.2) is 0 Å². The van der Waals surface area contributed by atoms with Crippen molar-refractivity contribution in [2.45, 2.75) is 19.3 Å². The number of rotatable bonds is 7. The molecule has 0 aliphatic carbocycles. The number of carbonyl (C=O) groups is 1. The maximum Gasteiger partial charge on any atom is 0.224 e. The van der Waals surface area contributed by atoms with E-state index in [2.05, 4.69) is 27.2 Å². The largest absolute Gasteiger partial charge is 0.378 e. The Morgan fingerprint density at radius 1 is 0.875 bits per heavy atom. The van der Waals surface area contributed by atoms with E-state index >= 15 is 0 Å². The van der Waals surface area contributed by atoms with Crippen molar-refractivity contribution < 1.29 is 14.3 Å². The summed E-state index contributed by atoms with van der Waals surface area (Å²) in [7, 11) is 0. The highest BCUT2D eigenvalue weighted by Crippen LogP contribution is 2.32. The minimum atomic E-state index is 0.0127. The van der Waals surface area contributed by atoms with Crippen LogP contribution in [0.3, 0.4) is 0 Å². The number of nitrogens with zero attached hydrogens (tertiary/aromatic N) is 2. The molecular weight excluding hydrogens is 449 g/mol. The standard InChI is InChI=1S/C24H29Cl2N3O3/c25-20-6-4-18(16-21(20)26)2-1-3-24(30)27-22-7-5-19(28-8-12-31-13-9-28)17-23(22)29-10-14-32-15-11-29/h4-7,16-17H,1-3,8-15H2,(H,27,30). The van der Waals surface area contributed by atoms with Crippen molar-refractivity contribution in [3.05, 3.63) is 52.0 Å². The summed E-state index contributed by atoms with van der Waals surface area (Å²) < 4.78 is 11.0. The zero-order valence-corrected chi connectivity index (χ0v) is 19.6.